The molecule has 1 amide bonds. The predicted octanol–water partition coefficient (Wildman–Crippen LogP) is 1.47. The molecule has 2 rings (SSSR count). The van der Waals surface area contributed by atoms with Crippen LogP contribution in [0.5, 0.6) is 0 Å². The molecule has 3 N–H and O–H groups in total. The van der Waals surface area contributed by atoms with Gasteiger partial charge < -0.3 is 10.6 Å². The van der Waals surface area contributed by atoms with E-state index in [9.17, 15) is 4.79 Å². The molecule has 0 atom stereocenters. The topological polar surface area (TPSA) is 61.6 Å². The van der Waals surface area contributed by atoms with Crippen molar-refractivity contribution in [2.75, 3.05) is 37.8 Å². The molecular formula is C14H22N4O. The Labute approximate surface area is 114 Å². The number of nitrogens with two attached hydrogens (primary N) is 1. The van der Waals surface area contributed by atoms with Crippen LogP contribution in [0.3, 0.4) is 0 Å². The number of carbonyl (C=O) groups excluding carboxylic acids is 1. The molecule has 1 heterocycles. The summed E-state index contributed by atoms with van der Waals surface area (Å²) in [6.07, 6.45) is 3.52. The summed E-state index contributed by atoms with van der Waals surface area (Å²) >= 11 is 0. The van der Waals surface area contributed by atoms with E-state index < -0.39 is 0 Å². The van der Waals surface area contributed by atoms with E-state index in [2.05, 4.69) is 5.43 Å². The summed E-state index contributed by atoms with van der Waals surface area (Å²) in [5.74, 6) is -0.0853. The lowest BCUT2D eigenvalue weighted by molar-refractivity contribution is 0.0750. The largest absolute Gasteiger partial charge is 0.399 e. The van der Waals surface area contributed by atoms with Crippen molar-refractivity contribution >= 4 is 17.3 Å². The summed E-state index contributed by atoms with van der Waals surface area (Å²) in [7, 11) is 3.84. The number of benzene rings is 1. The van der Waals surface area contributed by atoms with Crippen LogP contribution in [0.1, 0.15) is 29.6 Å². The van der Waals surface area contributed by atoms with Crippen molar-refractivity contribution in [1.29, 1.82) is 0 Å². The van der Waals surface area contributed by atoms with Gasteiger partial charge in [0.2, 0.25) is 0 Å². The summed E-state index contributed by atoms with van der Waals surface area (Å²) in [4.78, 5) is 14.3. The maximum atomic E-state index is 12.4. The first kappa shape index (κ1) is 13.7. The molecule has 0 aromatic heterocycles. The molecule has 1 aromatic rings. The summed E-state index contributed by atoms with van der Waals surface area (Å²) < 4.78 is 0. The van der Waals surface area contributed by atoms with Crippen LogP contribution in [0.4, 0.5) is 11.4 Å². The Bertz CT molecular complexity index is 453. The molecule has 0 spiro atoms. The van der Waals surface area contributed by atoms with E-state index in [-0.39, 0.29) is 5.91 Å². The lowest BCUT2D eigenvalue weighted by atomic mass is 10.1. The minimum Gasteiger partial charge on any atom is -0.399 e. The van der Waals surface area contributed by atoms with Crippen molar-refractivity contribution in [1.82, 2.24) is 10.4 Å². The highest BCUT2D eigenvalue weighted by atomic mass is 16.2. The van der Waals surface area contributed by atoms with Crippen LogP contribution in [-0.4, -0.2) is 38.1 Å². The molecule has 0 bridgehead atoms. The Morgan fingerprint density at radius 2 is 1.95 bits per heavy atom. The molecule has 0 radical (unpaired) electrons. The number of carbonyl (C=O) groups is 1. The van der Waals surface area contributed by atoms with Gasteiger partial charge in [-0.1, -0.05) is 6.42 Å². The van der Waals surface area contributed by atoms with Crippen molar-refractivity contribution in [3.63, 3.8) is 0 Å². The molecule has 1 saturated heterocycles. The molecule has 1 aliphatic heterocycles. The van der Waals surface area contributed by atoms with Gasteiger partial charge in [-0.3, -0.25) is 10.2 Å². The Morgan fingerprint density at radius 3 is 2.58 bits per heavy atom. The minimum atomic E-state index is -0.0853. The molecule has 5 nitrogen and oxygen atoms in total. The average Bonchev–Trinajstić information content (AvgIpc) is 2.39. The number of anilines is 2. The summed E-state index contributed by atoms with van der Waals surface area (Å²) in [6.45, 7) is 1.84. The summed E-state index contributed by atoms with van der Waals surface area (Å²) in [6, 6.07) is 5.42. The predicted molar refractivity (Wildman–Crippen MR) is 78.1 cm³/mol. The van der Waals surface area contributed by atoms with Gasteiger partial charge in [-0.25, -0.2) is 5.01 Å². The molecule has 19 heavy (non-hydrogen) atoms. The van der Waals surface area contributed by atoms with Gasteiger partial charge in [0.1, 0.15) is 0 Å². The quantitative estimate of drug-likeness (QED) is 0.810. The molecule has 1 aromatic carbocycles. The zero-order chi connectivity index (χ0) is 13.8. The molecule has 104 valence electrons. The first-order valence-corrected chi connectivity index (χ1v) is 6.70. The van der Waals surface area contributed by atoms with Gasteiger partial charge in [0.05, 0.1) is 5.56 Å². The Morgan fingerprint density at radius 1 is 1.26 bits per heavy atom. The number of nitrogen functional groups attached to an aromatic ring is 1. The van der Waals surface area contributed by atoms with Crippen LogP contribution >= 0.6 is 0 Å². The number of hydrogen-bond donors (Lipinski definition) is 2. The van der Waals surface area contributed by atoms with E-state index in [0.29, 0.717) is 11.3 Å². The average molecular weight is 262 g/mol. The van der Waals surface area contributed by atoms with Gasteiger partial charge in [-0.05, 0) is 31.0 Å². The lowest BCUT2D eigenvalue weighted by Gasteiger charge is -2.27. The number of amides is 1. The van der Waals surface area contributed by atoms with Gasteiger partial charge in [-0.2, -0.15) is 0 Å². The fourth-order valence-electron chi connectivity index (χ4n) is 2.34. The zero-order valence-corrected chi connectivity index (χ0v) is 11.6. The van der Waals surface area contributed by atoms with Crippen molar-refractivity contribution in [3.05, 3.63) is 23.8 Å². The van der Waals surface area contributed by atoms with Gasteiger partial charge in [-0.15, -0.1) is 0 Å². The van der Waals surface area contributed by atoms with E-state index in [1.54, 1.807) is 6.07 Å². The van der Waals surface area contributed by atoms with E-state index in [1.807, 2.05) is 36.1 Å². The molecule has 0 aliphatic carbocycles. The van der Waals surface area contributed by atoms with Crippen molar-refractivity contribution in [2.45, 2.75) is 19.3 Å². The number of nitrogens with one attached hydrogen (secondary N) is 1. The maximum Gasteiger partial charge on any atom is 0.267 e. The van der Waals surface area contributed by atoms with Crippen LogP contribution in [0.15, 0.2) is 18.2 Å². The SMILES string of the molecule is CN(C)c1ccc(N)cc1C(=O)NN1CCCCC1. The Hall–Kier alpha value is -1.75. The highest BCUT2D eigenvalue weighted by Gasteiger charge is 2.17. The summed E-state index contributed by atoms with van der Waals surface area (Å²) in [5, 5.41) is 1.99. The number of piperidine rings is 1. The van der Waals surface area contributed by atoms with Crippen molar-refractivity contribution < 1.29 is 4.79 Å². The number of nitrogens with zero attached hydrogens (tertiary/aromatic N) is 2. The second-order valence-electron chi connectivity index (χ2n) is 5.16. The van der Waals surface area contributed by atoms with Crippen molar-refractivity contribution in [2.24, 2.45) is 0 Å². The van der Waals surface area contributed by atoms with Crippen LogP contribution < -0.4 is 16.1 Å². The van der Waals surface area contributed by atoms with Crippen LogP contribution in [0.25, 0.3) is 0 Å². The molecule has 0 saturated carbocycles. The molecule has 1 aliphatic rings. The third-order valence-corrected chi connectivity index (χ3v) is 3.36. The smallest absolute Gasteiger partial charge is 0.267 e. The van der Waals surface area contributed by atoms with E-state index in [4.69, 9.17) is 5.73 Å². The van der Waals surface area contributed by atoms with E-state index in [0.717, 1.165) is 31.6 Å². The fraction of sp³-hybridized carbons (Fsp3) is 0.500. The van der Waals surface area contributed by atoms with Crippen LogP contribution in [-0.2, 0) is 0 Å². The highest BCUT2D eigenvalue weighted by Crippen LogP contribution is 2.21. The van der Waals surface area contributed by atoms with Gasteiger partial charge in [0.15, 0.2) is 0 Å². The molecule has 5 heteroatoms. The highest BCUT2D eigenvalue weighted by molar-refractivity contribution is 6.00. The third-order valence-electron chi connectivity index (χ3n) is 3.36. The first-order chi connectivity index (χ1) is 9.08. The first-order valence-electron chi connectivity index (χ1n) is 6.70. The Balaban J connectivity index is 2.15. The second kappa shape index (κ2) is 5.93. The normalized spacial score (nSPS) is 16.1. The third kappa shape index (κ3) is 3.38. The molecule has 1 fully saturated rings. The zero-order valence-electron chi connectivity index (χ0n) is 11.6. The number of hydrazine groups is 1. The standard InChI is InChI=1S/C14H22N4O/c1-17(2)13-7-6-11(15)10-12(13)14(19)16-18-8-4-3-5-9-18/h6-7,10H,3-5,8-9,15H2,1-2H3,(H,16,19). The van der Waals surface area contributed by atoms with Gasteiger partial charge in [0, 0.05) is 38.6 Å². The second-order valence-corrected chi connectivity index (χ2v) is 5.16. The Kier molecular flexibility index (Phi) is 4.27. The van der Waals surface area contributed by atoms with Crippen LogP contribution in [0.2, 0.25) is 0 Å². The molecule has 0 unspecified atom stereocenters. The van der Waals surface area contributed by atoms with Crippen LogP contribution in [0, 0.1) is 0 Å². The van der Waals surface area contributed by atoms with Crippen molar-refractivity contribution in [3.8, 4) is 0 Å². The lowest BCUT2D eigenvalue weighted by Crippen LogP contribution is -2.45. The number of rotatable bonds is 3. The van der Waals surface area contributed by atoms with Gasteiger partial charge in [0.25, 0.3) is 5.91 Å². The van der Waals surface area contributed by atoms with E-state index in [1.165, 1.54) is 6.42 Å². The summed E-state index contributed by atoms with van der Waals surface area (Å²) in [5.41, 5.74) is 10.9. The van der Waals surface area contributed by atoms with E-state index >= 15 is 0 Å². The molecular weight excluding hydrogens is 240 g/mol. The minimum absolute atomic E-state index is 0.0853. The number of hydrogen-bond acceptors (Lipinski definition) is 4. The van der Waals surface area contributed by atoms with Gasteiger partial charge >= 0.3 is 0 Å². The maximum absolute atomic E-state index is 12.4. The monoisotopic (exact) mass is 262 g/mol. The fourth-order valence-corrected chi connectivity index (χ4v) is 2.34.